The maximum atomic E-state index is 11.0. The SMILES string of the molecule is CC(=O)Nc1ncnc(NC(C)CCc2cc(Cl)cc(Cl)c2)n1. The van der Waals surface area contributed by atoms with Crippen molar-refractivity contribution in [1.29, 1.82) is 0 Å². The summed E-state index contributed by atoms with van der Waals surface area (Å²) in [5.41, 5.74) is 1.07. The number of carbonyl (C=O) groups is 1. The van der Waals surface area contributed by atoms with E-state index in [2.05, 4.69) is 25.6 Å². The molecule has 1 heterocycles. The highest BCUT2D eigenvalue weighted by Crippen LogP contribution is 2.20. The molecule has 0 bridgehead atoms. The number of nitrogens with zero attached hydrogens (tertiary/aromatic N) is 3. The van der Waals surface area contributed by atoms with Crippen LogP contribution in [0.5, 0.6) is 0 Å². The van der Waals surface area contributed by atoms with Crippen molar-refractivity contribution in [2.24, 2.45) is 0 Å². The van der Waals surface area contributed by atoms with Crippen molar-refractivity contribution < 1.29 is 4.79 Å². The predicted octanol–water partition coefficient (Wildman–Crippen LogP) is 3.57. The largest absolute Gasteiger partial charge is 0.352 e. The summed E-state index contributed by atoms with van der Waals surface area (Å²) in [4.78, 5) is 23.1. The van der Waals surface area contributed by atoms with Crippen molar-refractivity contribution in [3.05, 3.63) is 40.1 Å². The molecule has 0 radical (unpaired) electrons. The first-order chi connectivity index (χ1) is 10.9. The molecule has 0 aliphatic heterocycles. The van der Waals surface area contributed by atoms with Gasteiger partial charge in [-0.2, -0.15) is 4.98 Å². The van der Waals surface area contributed by atoms with Gasteiger partial charge in [-0.3, -0.25) is 10.1 Å². The van der Waals surface area contributed by atoms with Gasteiger partial charge < -0.3 is 5.32 Å². The zero-order valence-electron chi connectivity index (χ0n) is 12.8. The minimum absolute atomic E-state index is 0.125. The molecule has 23 heavy (non-hydrogen) atoms. The van der Waals surface area contributed by atoms with Gasteiger partial charge in [-0.15, -0.1) is 0 Å². The van der Waals surface area contributed by atoms with Gasteiger partial charge in [0, 0.05) is 23.0 Å². The Morgan fingerprint density at radius 1 is 1.17 bits per heavy atom. The lowest BCUT2D eigenvalue weighted by atomic mass is 10.1. The number of rotatable bonds is 6. The monoisotopic (exact) mass is 353 g/mol. The number of anilines is 2. The van der Waals surface area contributed by atoms with Crippen LogP contribution in [0.25, 0.3) is 0 Å². The second-order valence-electron chi connectivity index (χ2n) is 5.18. The Labute approximate surface area is 144 Å². The molecule has 1 unspecified atom stereocenters. The van der Waals surface area contributed by atoms with E-state index in [1.54, 1.807) is 6.07 Å². The van der Waals surface area contributed by atoms with Crippen LogP contribution in [0.15, 0.2) is 24.5 Å². The zero-order chi connectivity index (χ0) is 16.8. The highest BCUT2D eigenvalue weighted by molar-refractivity contribution is 6.34. The van der Waals surface area contributed by atoms with Crippen molar-refractivity contribution in [3.8, 4) is 0 Å². The summed E-state index contributed by atoms with van der Waals surface area (Å²) >= 11 is 12.0. The van der Waals surface area contributed by atoms with Gasteiger partial charge in [0.25, 0.3) is 0 Å². The van der Waals surface area contributed by atoms with E-state index in [1.165, 1.54) is 13.3 Å². The number of amides is 1. The van der Waals surface area contributed by atoms with E-state index in [9.17, 15) is 4.79 Å². The molecule has 0 spiro atoms. The molecule has 0 fully saturated rings. The predicted molar refractivity (Wildman–Crippen MR) is 92.0 cm³/mol. The molecule has 6 nitrogen and oxygen atoms in total. The number of aromatic nitrogens is 3. The van der Waals surface area contributed by atoms with E-state index in [-0.39, 0.29) is 17.9 Å². The van der Waals surface area contributed by atoms with Gasteiger partial charge >= 0.3 is 0 Å². The Balaban J connectivity index is 1.91. The number of halogens is 2. The molecule has 1 aromatic carbocycles. The van der Waals surface area contributed by atoms with Crippen LogP contribution < -0.4 is 10.6 Å². The normalized spacial score (nSPS) is 11.8. The molecule has 2 rings (SSSR count). The second kappa shape index (κ2) is 8.08. The summed E-state index contributed by atoms with van der Waals surface area (Å²) in [5.74, 6) is 0.414. The molecule has 0 saturated heterocycles. The lowest BCUT2D eigenvalue weighted by molar-refractivity contribution is -0.114. The number of aryl methyl sites for hydroxylation is 1. The Morgan fingerprint density at radius 2 is 1.83 bits per heavy atom. The summed E-state index contributed by atoms with van der Waals surface area (Å²) in [6.45, 7) is 3.42. The first-order valence-corrected chi connectivity index (χ1v) is 7.86. The Kier molecular flexibility index (Phi) is 6.12. The summed E-state index contributed by atoms with van der Waals surface area (Å²) in [6, 6.07) is 5.64. The first-order valence-electron chi connectivity index (χ1n) is 7.10. The fraction of sp³-hybridized carbons (Fsp3) is 0.333. The highest BCUT2D eigenvalue weighted by atomic mass is 35.5. The quantitative estimate of drug-likeness (QED) is 0.829. The number of hydrogen-bond donors (Lipinski definition) is 2. The van der Waals surface area contributed by atoms with Crippen molar-refractivity contribution >= 4 is 41.0 Å². The Bertz CT molecular complexity index is 675. The van der Waals surface area contributed by atoms with Crippen LogP contribution in [0, 0.1) is 0 Å². The highest BCUT2D eigenvalue weighted by Gasteiger charge is 2.08. The maximum absolute atomic E-state index is 11.0. The third kappa shape index (κ3) is 6.00. The standard InChI is InChI=1S/C15H17Cl2N5O/c1-9(3-4-11-5-12(16)7-13(17)6-11)20-14-18-8-19-15(22-14)21-10(2)23/h5-9H,3-4H2,1-2H3,(H2,18,19,20,21,22,23). The zero-order valence-corrected chi connectivity index (χ0v) is 14.3. The van der Waals surface area contributed by atoms with Crippen molar-refractivity contribution in [1.82, 2.24) is 15.0 Å². The van der Waals surface area contributed by atoms with Crippen LogP contribution in [-0.2, 0) is 11.2 Å². The number of carbonyl (C=O) groups excluding carboxylic acids is 1. The van der Waals surface area contributed by atoms with E-state index >= 15 is 0 Å². The summed E-state index contributed by atoms with van der Waals surface area (Å²) in [6.07, 6.45) is 3.01. The third-order valence-electron chi connectivity index (χ3n) is 3.02. The van der Waals surface area contributed by atoms with Crippen LogP contribution in [-0.4, -0.2) is 26.9 Å². The minimum atomic E-state index is -0.229. The Morgan fingerprint density at radius 3 is 2.48 bits per heavy atom. The van der Waals surface area contributed by atoms with Gasteiger partial charge in [0.05, 0.1) is 0 Å². The van der Waals surface area contributed by atoms with E-state index in [0.717, 1.165) is 18.4 Å². The van der Waals surface area contributed by atoms with Crippen molar-refractivity contribution in [2.75, 3.05) is 10.6 Å². The molecular weight excluding hydrogens is 337 g/mol. The fourth-order valence-corrected chi connectivity index (χ4v) is 2.59. The smallest absolute Gasteiger partial charge is 0.234 e. The topological polar surface area (TPSA) is 79.8 Å². The minimum Gasteiger partial charge on any atom is -0.352 e. The van der Waals surface area contributed by atoms with Gasteiger partial charge in [0.1, 0.15) is 6.33 Å². The lowest BCUT2D eigenvalue weighted by Gasteiger charge is -2.14. The molecule has 0 saturated carbocycles. The second-order valence-corrected chi connectivity index (χ2v) is 6.05. The summed E-state index contributed by atoms with van der Waals surface area (Å²) < 4.78 is 0. The number of nitrogens with one attached hydrogen (secondary N) is 2. The fourth-order valence-electron chi connectivity index (χ4n) is 2.01. The molecule has 0 aliphatic rings. The average Bonchev–Trinajstić information content (AvgIpc) is 2.44. The number of benzene rings is 1. The van der Waals surface area contributed by atoms with Gasteiger partial charge in [-0.25, -0.2) is 9.97 Å². The number of hydrogen-bond acceptors (Lipinski definition) is 5. The molecule has 1 amide bonds. The van der Waals surface area contributed by atoms with E-state index < -0.39 is 0 Å². The van der Waals surface area contributed by atoms with E-state index in [0.29, 0.717) is 16.0 Å². The van der Waals surface area contributed by atoms with Crippen molar-refractivity contribution in [2.45, 2.75) is 32.7 Å². The average molecular weight is 354 g/mol. The van der Waals surface area contributed by atoms with Gasteiger partial charge in [-0.1, -0.05) is 23.2 Å². The molecular formula is C15H17Cl2N5O. The van der Waals surface area contributed by atoms with E-state index in [1.807, 2.05) is 19.1 Å². The van der Waals surface area contributed by atoms with Crippen LogP contribution in [0.3, 0.4) is 0 Å². The van der Waals surface area contributed by atoms with Crippen molar-refractivity contribution in [3.63, 3.8) is 0 Å². The van der Waals surface area contributed by atoms with Gasteiger partial charge in [0.2, 0.25) is 17.8 Å². The third-order valence-corrected chi connectivity index (χ3v) is 3.46. The molecule has 1 aromatic heterocycles. The van der Waals surface area contributed by atoms with Gasteiger partial charge in [0.15, 0.2) is 0 Å². The van der Waals surface area contributed by atoms with Crippen LogP contribution in [0.4, 0.5) is 11.9 Å². The summed E-state index contributed by atoms with van der Waals surface area (Å²) in [5, 5.41) is 6.95. The molecule has 8 heteroatoms. The van der Waals surface area contributed by atoms with Crippen LogP contribution in [0.1, 0.15) is 25.8 Å². The molecule has 0 aliphatic carbocycles. The van der Waals surface area contributed by atoms with Gasteiger partial charge in [-0.05, 0) is 43.5 Å². The molecule has 1 atom stereocenters. The molecule has 2 N–H and O–H groups in total. The van der Waals surface area contributed by atoms with E-state index in [4.69, 9.17) is 23.2 Å². The van der Waals surface area contributed by atoms with Crippen LogP contribution in [0.2, 0.25) is 10.0 Å². The lowest BCUT2D eigenvalue weighted by Crippen LogP contribution is -2.19. The molecule has 2 aromatic rings. The summed E-state index contributed by atoms with van der Waals surface area (Å²) in [7, 11) is 0. The Hall–Kier alpha value is -1.92. The first kappa shape index (κ1) is 17.4. The molecule has 122 valence electrons. The maximum Gasteiger partial charge on any atom is 0.234 e. The van der Waals surface area contributed by atoms with Crippen LogP contribution >= 0.6 is 23.2 Å².